The maximum absolute atomic E-state index is 9.94. The van der Waals surface area contributed by atoms with E-state index in [1.807, 2.05) is 18.2 Å². The Morgan fingerprint density at radius 2 is 1.33 bits per heavy atom. The van der Waals surface area contributed by atoms with Gasteiger partial charge in [0, 0.05) is 0 Å². The lowest BCUT2D eigenvalue weighted by molar-refractivity contribution is 0.246. The van der Waals surface area contributed by atoms with Crippen molar-refractivity contribution in [1.29, 1.82) is 0 Å². The van der Waals surface area contributed by atoms with E-state index in [0.717, 1.165) is 6.04 Å². The molecule has 90 valence electrons. The van der Waals surface area contributed by atoms with Gasteiger partial charge in [0.1, 0.15) is 8.07 Å². The predicted octanol–water partition coefficient (Wildman–Crippen LogP) is 1.72. The van der Waals surface area contributed by atoms with Crippen molar-refractivity contribution >= 4 is 18.4 Å². The third-order valence-electron chi connectivity index (χ3n) is 3.71. The lowest BCUT2D eigenvalue weighted by Crippen LogP contribution is -2.56. The van der Waals surface area contributed by atoms with Gasteiger partial charge in [0.2, 0.25) is 0 Å². The maximum atomic E-state index is 9.94. The van der Waals surface area contributed by atoms with E-state index in [-0.39, 0.29) is 6.10 Å². The van der Waals surface area contributed by atoms with Crippen LogP contribution in [0, 0.1) is 0 Å². The topological polar surface area (TPSA) is 20.2 Å². The first kappa shape index (κ1) is 11.4. The van der Waals surface area contributed by atoms with Crippen LogP contribution in [-0.2, 0) is 0 Å². The van der Waals surface area contributed by atoms with Crippen LogP contribution in [0.2, 0.25) is 6.04 Å². The minimum absolute atomic E-state index is 0.294. The second-order valence-electron chi connectivity index (χ2n) is 4.83. The minimum Gasteiger partial charge on any atom is -0.389 e. The molecule has 2 aromatic carbocycles. The Morgan fingerprint density at radius 3 is 1.72 bits per heavy atom. The molecule has 1 aliphatic rings. The monoisotopic (exact) mass is 252 g/mol. The van der Waals surface area contributed by atoms with E-state index in [9.17, 15) is 5.11 Å². The van der Waals surface area contributed by atoms with Crippen molar-refractivity contribution in [3.8, 4) is 0 Å². The van der Waals surface area contributed by atoms with Gasteiger partial charge < -0.3 is 5.11 Å². The van der Waals surface area contributed by atoms with Crippen molar-refractivity contribution in [3.05, 3.63) is 72.4 Å². The third-order valence-corrected chi connectivity index (χ3v) is 8.26. The molecule has 2 aromatic rings. The fraction of sp³-hybridized carbons (Fsp3) is 0.125. The quantitative estimate of drug-likeness (QED) is 0.807. The Morgan fingerprint density at radius 1 is 0.833 bits per heavy atom. The van der Waals surface area contributed by atoms with Crippen molar-refractivity contribution in [2.45, 2.75) is 12.1 Å². The molecule has 0 fully saturated rings. The smallest absolute Gasteiger partial charge is 0.143 e. The fourth-order valence-corrected chi connectivity index (χ4v) is 7.05. The van der Waals surface area contributed by atoms with E-state index in [4.69, 9.17) is 0 Å². The van der Waals surface area contributed by atoms with Gasteiger partial charge in [-0.05, 0) is 16.4 Å². The molecule has 1 unspecified atom stereocenters. The molecule has 18 heavy (non-hydrogen) atoms. The van der Waals surface area contributed by atoms with Crippen LogP contribution >= 0.6 is 0 Å². The second kappa shape index (κ2) is 4.56. The van der Waals surface area contributed by atoms with Gasteiger partial charge in [-0.15, -0.1) is 0 Å². The van der Waals surface area contributed by atoms with Crippen LogP contribution in [0.3, 0.4) is 0 Å². The van der Waals surface area contributed by atoms with E-state index >= 15 is 0 Å². The molecule has 0 radical (unpaired) electrons. The van der Waals surface area contributed by atoms with Crippen LogP contribution < -0.4 is 10.4 Å². The molecule has 2 heteroatoms. The summed E-state index contributed by atoms with van der Waals surface area (Å²) in [6, 6.07) is 22.1. The van der Waals surface area contributed by atoms with Crippen LogP contribution in [0.15, 0.2) is 72.4 Å². The number of hydrogen-bond donors (Lipinski definition) is 1. The molecule has 0 aromatic heterocycles. The summed E-state index contributed by atoms with van der Waals surface area (Å²) in [7, 11) is -1.88. The zero-order valence-electron chi connectivity index (χ0n) is 10.2. The molecule has 1 aliphatic heterocycles. The lowest BCUT2D eigenvalue weighted by atomic mass is 10.4. The summed E-state index contributed by atoms with van der Waals surface area (Å²) in [5, 5.41) is 12.7. The Bertz CT molecular complexity index is 508. The van der Waals surface area contributed by atoms with Crippen LogP contribution in [0.5, 0.6) is 0 Å². The summed E-state index contributed by atoms with van der Waals surface area (Å²) in [4.78, 5) is 0. The summed E-state index contributed by atoms with van der Waals surface area (Å²) in [5.41, 5.74) is 2.28. The number of aliphatic hydroxyl groups is 1. The Hall–Kier alpha value is -1.64. The van der Waals surface area contributed by atoms with Gasteiger partial charge in [0.05, 0.1) is 6.10 Å². The molecule has 0 amide bonds. The highest BCUT2D eigenvalue weighted by Gasteiger charge is 2.39. The van der Waals surface area contributed by atoms with E-state index < -0.39 is 8.07 Å². The number of benzene rings is 2. The van der Waals surface area contributed by atoms with E-state index in [1.54, 1.807) is 0 Å². The molecule has 1 heterocycles. The highest BCUT2D eigenvalue weighted by atomic mass is 28.3. The van der Waals surface area contributed by atoms with Gasteiger partial charge in [0.15, 0.2) is 0 Å². The fourth-order valence-electron chi connectivity index (χ4n) is 2.81. The maximum Gasteiger partial charge on any atom is 0.143 e. The van der Waals surface area contributed by atoms with E-state index in [1.165, 1.54) is 10.4 Å². The van der Waals surface area contributed by atoms with Crippen LogP contribution in [-0.4, -0.2) is 19.3 Å². The highest BCUT2D eigenvalue weighted by molar-refractivity contribution is 7.06. The van der Waals surface area contributed by atoms with E-state index in [2.05, 4.69) is 54.2 Å². The molecular formula is C16H16OSi. The Kier molecular flexibility index (Phi) is 2.90. The predicted molar refractivity (Wildman–Crippen MR) is 77.9 cm³/mol. The summed E-state index contributed by atoms with van der Waals surface area (Å²) < 4.78 is 0. The zero-order valence-corrected chi connectivity index (χ0v) is 11.2. The largest absolute Gasteiger partial charge is 0.389 e. The van der Waals surface area contributed by atoms with Crippen molar-refractivity contribution < 1.29 is 5.11 Å². The zero-order chi connectivity index (χ0) is 12.4. The van der Waals surface area contributed by atoms with Crippen molar-refractivity contribution in [3.63, 3.8) is 0 Å². The van der Waals surface area contributed by atoms with Crippen molar-refractivity contribution in [2.24, 2.45) is 0 Å². The molecular weight excluding hydrogens is 236 g/mol. The summed E-state index contributed by atoms with van der Waals surface area (Å²) in [6.45, 7) is 0. The summed E-state index contributed by atoms with van der Waals surface area (Å²) >= 11 is 0. The highest BCUT2D eigenvalue weighted by Crippen LogP contribution is 2.22. The van der Waals surface area contributed by atoms with Gasteiger partial charge in [-0.1, -0.05) is 72.4 Å². The average Bonchev–Trinajstić information content (AvgIpc) is 2.84. The minimum atomic E-state index is -1.88. The van der Waals surface area contributed by atoms with Crippen LogP contribution in [0.25, 0.3) is 0 Å². The SMILES string of the molecule is OC1C=C[Si](c2ccccc2)(c2ccccc2)C1. The summed E-state index contributed by atoms with van der Waals surface area (Å²) in [6.07, 6.45) is 1.67. The molecule has 0 saturated heterocycles. The molecule has 0 bridgehead atoms. The van der Waals surface area contributed by atoms with E-state index in [0.29, 0.717) is 0 Å². The second-order valence-corrected chi connectivity index (χ2v) is 8.67. The Balaban J connectivity index is 2.15. The van der Waals surface area contributed by atoms with Gasteiger partial charge in [-0.25, -0.2) is 0 Å². The van der Waals surface area contributed by atoms with Crippen molar-refractivity contribution in [2.75, 3.05) is 0 Å². The first-order valence-electron chi connectivity index (χ1n) is 6.30. The normalized spacial score (nSPS) is 21.1. The molecule has 1 nitrogen and oxygen atoms in total. The number of aliphatic hydroxyl groups excluding tert-OH is 1. The van der Waals surface area contributed by atoms with Crippen LogP contribution in [0.4, 0.5) is 0 Å². The lowest BCUT2D eigenvalue weighted by Gasteiger charge is -2.26. The number of rotatable bonds is 2. The standard InChI is InChI=1S/C16H16OSi/c17-14-11-12-18(13-14,15-7-3-1-4-8-15)16-9-5-2-6-10-16/h1-12,14,17H,13H2. The molecule has 0 saturated carbocycles. The first-order valence-corrected chi connectivity index (χ1v) is 8.58. The van der Waals surface area contributed by atoms with Gasteiger partial charge >= 0.3 is 0 Å². The van der Waals surface area contributed by atoms with Gasteiger partial charge in [0.25, 0.3) is 0 Å². The first-order chi connectivity index (χ1) is 8.81. The third kappa shape index (κ3) is 1.84. The molecule has 1 atom stereocenters. The summed E-state index contributed by atoms with van der Waals surface area (Å²) in [5.74, 6) is 0. The van der Waals surface area contributed by atoms with Crippen molar-refractivity contribution in [1.82, 2.24) is 0 Å². The molecule has 0 aliphatic carbocycles. The Labute approximate surface area is 108 Å². The molecule has 1 N–H and O–H groups in total. The van der Waals surface area contributed by atoms with Gasteiger partial charge in [-0.2, -0.15) is 0 Å². The molecule has 3 rings (SSSR count). The van der Waals surface area contributed by atoms with Gasteiger partial charge in [-0.3, -0.25) is 0 Å². The average molecular weight is 252 g/mol. The molecule has 0 spiro atoms. The van der Waals surface area contributed by atoms with Crippen LogP contribution in [0.1, 0.15) is 0 Å². The number of hydrogen-bond acceptors (Lipinski definition) is 1.